The highest BCUT2D eigenvalue weighted by molar-refractivity contribution is 5.68. The Bertz CT molecular complexity index is 780. The van der Waals surface area contributed by atoms with E-state index in [-0.39, 0.29) is 5.52 Å². The number of hydrogen-bond acceptors (Lipinski definition) is 3. The Balaban J connectivity index is 2.09. The summed E-state index contributed by atoms with van der Waals surface area (Å²) in [4.78, 5) is 4.10. The van der Waals surface area contributed by atoms with Crippen LogP contribution in [0.25, 0.3) is 5.52 Å². The molecule has 0 unspecified atom stereocenters. The molecule has 1 N–H and O–H groups in total. The predicted molar refractivity (Wildman–Crippen MR) is 70.9 cm³/mol. The van der Waals surface area contributed by atoms with Crippen molar-refractivity contribution >= 4 is 11.3 Å². The first kappa shape index (κ1) is 13.5. The molecule has 0 aliphatic rings. The van der Waals surface area contributed by atoms with Crippen molar-refractivity contribution in [2.45, 2.75) is 20.0 Å². The van der Waals surface area contributed by atoms with E-state index in [2.05, 4.69) is 15.5 Å². The fourth-order valence-electron chi connectivity index (χ4n) is 2.10. The topological polar surface area (TPSA) is 47.2 Å². The monoisotopic (exact) mass is 295 g/mol. The molecule has 3 rings (SSSR count). The van der Waals surface area contributed by atoms with Gasteiger partial charge in [-0.25, -0.2) is 9.50 Å². The number of alkyl halides is 3. The van der Waals surface area contributed by atoms with Crippen molar-refractivity contribution in [3.05, 3.63) is 47.7 Å². The van der Waals surface area contributed by atoms with Crippen LogP contribution in [0.4, 0.5) is 19.0 Å². The normalized spacial score (nSPS) is 12.0. The van der Waals surface area contributed by atoms with Crippen molar-refractivity contribution in [3.63, 3.8) is 0 Å². The zero-order chi connectivity index (χ0) is 15.2. The molecule has 0 saturated heterocycles. The van der Waals surface area contributed by atoms with Gasteiger partial charge in [0.15, 0.2) is 11.5 Å². The van der Waals surface area contributed by atoms with Gasteiger partial charge < -0.3 is 0 Å². The highest BCUT2D eigenvalue weighted by Crippen LogP contribution is 2.30. The van der Waals surface area contributed by atoms with Gasteiger partial charge in [0, 0.05) is 29.8 Å². The van der Waals surface area contributed by atoms with Gasteiger partial charge in [-0.1, -0.05) is 0 Å². The molecule has 0 aliphatic heterocycles. The van der Waals surface area contributed by atoms with Crippen LogP contribution in [0.2, 0.25) is 0 Å². The molecule has 0 fully saturated rings. The molecule has 3 aromatic rings. The van der Waals surface area contributed by atoms with Crippen LogP contribution in [0, 0.1) is 13.8 Å². The van der Waals surface area contributed by atoms with Crippen molar-refractivity contribution in [2.75, 3.05) is 5.43 Å². The van der Waals surface area contributed by atoms with Gasteiger partial charge in [-0.2, -0.15) is 18.3 Å². The van der Waals surface area contributed by atoms with E-state index in [1.165, 1.54) is 12.4 Å². The van der Waals surface area contributed by atoms with Crippen molar-refractivity contribution in [2.24, 2.45) is 0 Å². The number of anilines is 1. The van der Waals surface area contributed by atoms with E-state index in [4.69, 9.17) is 0 Å². The lowest BCUT2D eigenvalue weighted by atomic mass is 10.4. The Morgan fingerprint density at radius 2 is 1.81 bits per heavy atom. The van der Waals surface area contributed by atoms with Crippen LogP contribution < -0.4 is 5.43 Å². The van der Waals surface area contributed by atoms with E-state index in [9.17, 15) is 13.2 Å². The predicted octanol–water partition coefficient (Wildman–Crippen LogP) is 3.04. The second kappa shape index (κ2) is 4.51. The van der Waals surface area contributed by atoms with Gasteiger partial charge in [0.25, 0.3) is 0 Å². The second-order valence-electron chi connectivity index (χ2n) is 4.70. The molecule has 0 saturated carbocycles. The number of hydrogen-bond donors (Lipinski definition) is 1. The molecule has 0 aromatic carbocycles. The quantitative estimate of drug-likeness (QED) is 0.790. The summed E-state index contributed by atoms with van der Waals surface area (Å²) in [6, 6.07) is 4.78. The highest BCUT2D eigenvalue weighted by Gasteiger charge is 2.34. The highest BCUT2D eigenvalue weighted by atomic mass is 19.4. The molecule has 0 aliphatic carbocycles. The molecule has 0 amide bonds. The third-order valence-electron chi connectivity index (χ3n) is 3.17. The summed E-state index contributed by atoms with van der Waals surface area (Å²) < 4.78 is 41.1. The Hall–Kier alpha value is -2.51. The second-order valence-corrected chi connectivity index (χ2v) is 4.70. The average Bonchev–Trinajstić information content (AvgIpc) is 2.97. The van der Waals surface area contributed by atoms with E-state index in [0.717, 1.165) is 22.0 Å². The first-order chi connectivity index (χ1) is 9.86. The molecule has 0 radical (unpaired) electrons. The maximum Gasteiger partial charge on any atom is 0.435 e. The van der Waals surface area contributed by atoms with E-state index < -0.39 is 11.9 Å². The molecular weight excluding hydrogens is 283 g/mol. The Labute approximate surface area is 118 Å². The molecule has 0 bridgehead atoms. The van der Waals surface area contributed by atoms with Gasteiger partial charge in [-0.3, -0.25) is 10.1 Å². The Morgan fingerprint density at radius 3 is 2.43 bits per heavy atom. The number of halogens is 3. The van der Waals surface area contributed by atoms with Crippen LogP contribution in [0.3, 0.4) is 0 Å². The lowest BCUT2D eigenvalue weighted by molar-refractivity contribution is -0.141. The fourth-order valence-corrected chi connectivity index (χ4v) is 2.10. The summed E-state index contributed by atoms with van der Waals surface area (Å²) in [5.41, 5.74) is 4.17. The molecule has 21 heavy (non-hydrogen) atoms. The molecule has 5 nitrogen and oxygen atoms in total. The Morgan fingerprint density at radius 1 is 1.14 bits per heavy atom. The summed E-state index contributed by atoms with van der Waals surface area (Å²) in [5, 5.41) is 3.52. The van der Waals surface area contributed by atoms with Crippen molar-refractivity contribution < 1.29 is 13.2 Å². The van der Waals surface area contributed by atoms with Crippen LogP contribution in [-0.4, -0.2) is 19.3 Å². The zero-order valence-electron chi connectivity index (χ0n) is 11.3. The number of nitrogens with zero attached hydrogens (tertiary/aromatic N) is 4. The van der Waals surface area contributed by atoms with E-state index in [1.807, 2.05) is 26.0 Å². The smallest absolute Gasteiger partial charge is 0.276 e. The van der Waals surface area contributed by atoms with Crippen LogP contribution >= 0.6 is 0 Å². The molecule has 0 atom stereocenters. The van der Waals surface area contributed by atoms with Crippen molar-refractivity contribution in [1.29, 1.82) is 0 Å². The van der Waals surface area contributed by atoms with Gasteiger partial charge in [0.2, 0.25) is 0 Å². The maximum absolute atomic E-state index is 12.7. The Kier molecular flexibility index (Phi) is 2.89. The molecule has 0 spiro atoms. The number of rotatable bonds is 2. The minimum absolute atomic E-state index is 0.261. The first-order valence-corrected chi connectivity index (χ1v) is 6.20. The summed E-state index contributed by atoms with van der Waals surface area (Å²) >= 11 is 0. The molecule has 110 valence electrons. The summed E-state index contributed by atoms with van der Waals surface area (Å²) in [7, 11) is 0. The van der Waals surface area contributed by atoms with E-state index in [1.54, 1.807) is 4.68 Å². The van der Waals surface area contributed by atoms with Crippen molar-refractivity contribution in [3.8, 4) is 0 Å². The first-order valence-electron chi connectivity index (χ1n) is 6.20. The van der Waals surface area contributed by atoms with Gasteiger partial charge in [0.05, 0.1) is 0 Å². The number of fused-ring (bicyclic) bond motifs is 1. The van der Waals surface area contributed by atoms with E-state index >= 15 is 0 Å². The SMILES string of the molecule is Cc1ccc(C)n1Nc1nccn2nc(C(F)(F)F)cc12. The van der Waals surface area contributed by atoms with Gasteiger partial charge in [0.1, 0.15) is 5.52 Å². The summed E-state index contributed by atoms with van der Waals surface area (Å²) in [6.45, 7) is 3.77. The molecule has 3 aromatic heterocycles. The maximum atomic E-state index is 12.7. The summed E-state index contributed by atoms with van der Waals surface area (Å²) in [6.07, 6.45) is -1.70. The van der Waals surface area contributed by atoms with Crippen LogP contribution in [0.5, 0.6) is 0 Å². The molecule has 3 heterocycles. The fraction of sp³-hybridized carbons (Fsp3) is 0.231. The van der Waals surface area contributed by atoms with Gasteiger partial charge in [-0.05, 0) is 26.0 Å². The minimum atomic E-state index is -4.48. The van der Waals surface area contributed by atoms with Crippen LogP contribution in [0.15, 0.2) is 30.6 Å². The van der Waals surface area contributed by atoms with Crippen molar-refractivity contribution in [1.82, 2.24) is 19.3 Å². The number of nitrogens with one attached hydrogen (secondary N) is 1. The number of aromatic nitrogens is 4. The van der Waals surface area contributed by atoms with Crippen LogP contribution in [0.1, 0.15) is 17.1 Å². The van der Waals surface area contributed by atoms with Crippen LogP contribution in [-0.2, 0) is 6.18 Å². The third kappa shape index (κ3) is 2.32. The van der Waals surface area contributed by atoms with Gasteiger partial charge >= 0.3 is 6.18 Å². The largest absolute Gasteiger partial charge is 0.435 e. The molecular formula is C13H12F3N5. The zero-order valence-corrected chi connectivity index (χ0v) is 11.3. The third-order valence-corrected chi connectivity index (χ3v) is 3.17. The minimum Gasteiger partial charge on any atom is -0.276 e. The number of aryl methyl sites for hydroxylation is 2. The molecule has 8 heteroatoms. The standard InChI is InChI=1S/C13H12F3N5/c1-8-3-4-9(2)21(8)19-12-10-7-11(13(14,15)16)18-20(10)6-5-17-12/h3-7H,1-2H3,(H,17,19). The lowest BCUT2D eigenvalue weighted by Gasteiger charge is -2.12. The van der Waals surface area contributed by atoms with Gasteiger partial charge in [-0.15, -0.1) is 0 Å². The average molecular weight is 295 g/mol. The van der Waals surface area contributed by atoms with E-state index in [0.29, 0.717) is 5.82 Å². The summed E-state index contributed by atoms with van der Waals surface area (Å²) in [5.74, 6) is 0.308. The lowest BCUT2D eigenvalue weighted by Crippen LogP contribution is -2.14.